The summed E-state index contributed by atoms with van der Waals surface area (Å²) in [5.41, 5.74) is -0.559. The molecule has 0 spiro atoms. The van der Waals surface area contributed by atoms with E-state index in [1.807, 2.05) is 14.0 Å². The Kier molecular flexibility index (Phi) is 5.63. The Hall–Kier alpha value is -0.650. The van der Waals surface area contributed by atoms with Crippen molar-refractivity contribution >= 4 is 5.97 Å². The standard InChI is InChI=1S/C16H31N3O2/c1-16(17-2,15(20)21-4)9-5-10-19-11-8-13-6-7-14(12-19)18(13)3/h13-14,17H,5-12H2,1-4H3. The zero-order valence-corrected chi connectivity index (χ0v) is 14.0. The molecule has 5 nitrogen and oxygen atoms in total. The number of ether oxygens (including phenoxy) is 1. The van der Waals surface area contributed by atoms with Gasteiger partial charge in [0.15, 0.2) is 0 Å². The maximum atomic E-state index is 11.8. The number of esters is 1. The van der Waals surface area contributed by atoms with Gasteiger partial charge in [-0.1, -0.05) is 0 Å². The average molecular weight is 297 g/mol. The number of hydrogen-bond acceptors (Lipinski definition) is 5. The molecule has 5 heteroatoms. The van der Waals surface area contributed by atoms with Crippen LogP contribution < -0.4 is 5.32 Å². The molecule has 2 fully saturated rings. The molecule has 0 aliphatic carbocycles. The van der Waals surface area contributed by atoms with Gasteiger partial charge in [-0.05, 0) is 66.2 Å². The monoisotopic (exact) mass is 297 g/mol. The highest BCUT2D eigenvalue weighted by Gasteiger charge is 2.35. The van der Waals surface area contributed by atoms with E-state index in [2.05, 4.69) is 22.2 Å². The van der Waals surface area contributed by atoms with Gasteiger partial charge in [0.05, 0.1) is 7.11 Å². The van der Waals surface area contributed by atoms with Gasteiger partial charge in [0.2, 0.25) is 0 Å². The minimum absolute atomic E-state index is 0.167. The van der Waals surface area contributed by atoms with E-state index in [1.165, 1.54) is 39.5 Å². The minimum Gasteiger partial charge on any atom is -0.468 e. The van der Waals surface area contributed by atoms with Crippen molar-refractivity contribution in [3.05, 3.63) is 0 Å². The zero-order chi connectivity index (χ0) is 15.5. The van der Waals surface area contributed by atoms with Crippen LogP contribution in [-0.4, -0.2) is 74.2 Å². The van der Waals surface area contributed by atoms with Crippen LogP contribution >= 0.6 is 0 Å². The Balaban J connectivity index is 1.79. The van der Waals surface area contributed by atoms with Crippen LogP contribution in [0.15, 0.2) is 0 Å². The molecule has 0 radical (unpaired) electrons. The number of carbonyl (C=O) groups is 1. The van der Waals surface area contributed by atoms with E-state index in [0.717, 1.165) is 31.5 Å². The van der Waals surface area contributed by atoms with E-state index in [1.54, 1.807) is 0 Å². The highest BCUT2D eigenvalue weighted by molar-refractivity contribution is 5.80. The number of nitrogens with zero attached hydrogens (tertiary/aromatic N) is 2. The third-order valence-corrected chi connectivity index (χ3v) is 5.57. The first-order valence-corrected chi connectivity index (χ1v) is 8.22. The molecule has 2 aliphatic heterocycles. The number of fused-ring (bicyclic) bond motifs is 2. The van der Waals surface area contributed by atoms with Crippen LogP contribution in [0.3, 0.4) is 0 Å². The van der Waals surface area contributed by atoms with Crippen LogP contribution in [0.4, 0.5) is 0 Å². The maximum absolute atomic E-state index is 11.8. The fourth-order valence-electron chi connectivity index (χ4n) is 3.79. The fourth-order valence-corrected chi connectivity index (χ4v) is 3.79. The number of methoxy groups -OCH3 is 1. The summed E-state index contributed by atoms with van der Waals surface area (Å²) >= 11 is 0. The lowest BCUT2D eigenvalue weighted by atomic mass is 9.96. The van der Waals surface area contributed by atoms with Crippen LogP contribution in [-0.2, 0) is 9.53 Å². The molecule has 0 aromatic carbocycles. The third-order valence-electron chi connectivity index (χ3n) is 5.57. The van der Waals surface area contributed by atoms with Gasteiger partial charge in [-0.15, -0.1) is 0 Å². The number of likely N-dealkylation sites (tertiary alicyclic amines) is 1. The van der Waals surface area contributed by atoms with Gasteiger partial charge in [-0.25, -0.2) is 0 Å². The Bertz CT molecular complexity index is 363. The van der Waals surface area contributed by atoms with Gasteiger partial charge in [0.25, 0.3) is 0 Å². The van der Waals surface area contributed by atoms with Crippen molar-refractivity contribution in [1.82, 2.24) is 15.1 Å². The number of carbonyl (C=O) groups excluding carboxylic acids is 1. The van der Waals surface area contributed by atoms with Crippen LogP contribution in [0.1, 0.15) is 39.0 Å². The van der Waals surface area contributed by atoms with Crippen molar-refractivity contribution in [2.75, 3.05) is 40.8 Å². The van der Waals surface area contributed by atoms with E-state index < -0.39 is 5.54 Å². The molecule has 3 atom stereocenters. The lowest BCUT2D eigenvalue weighted by molar-refractivity contribution is -0.148. The number of likely N-dealkylation sites (N-methyl/N-ethyl adjacent to an activating group) is 2. The van der Waals surface area contributed by atoms with Crippen molar-refractivity contribution in [2.45, 2.75) is 56.7 Å². The summed E-state index contributed by atoms with van der Waals surface area (Å²) in [7, 11) is 5.57. The van der Waals surface area contributed by atoms with Gasteiger partial charge in [0, 0.05) is 18.6 Å². The molecule has 21 heavy (non-hydrogen) atoms. The summed E-state index contributed by atoms with van der Waals surface area (Å²) in [4.78, 5) is 17.0. The number of hydrogen-bond donors (Lipinski definition) is 1. The zero-order valence-electron chi connectivity index (χ0n) is 14.0. The van der Waals surface area contributed by atoms with Crippen molar-refractivity contribution in [2.24, 2.45) is 0 Å². The molecule has 122 valence electrons. The van der Waals surface area contributed by atoms with E-state index >= 15 is 0 Å². The maximum Gasteiger partial charge on any atom is 0.325 e. The summed E-state index contributed by atoms with van der Waals surface area (Å²) in [6.07, 6.45) is 5.83. The molecule has 0 saturated carbocycles. The molecule has 2 heterocycles. The number of nitrogens with one attached hydrogen (secondary N) is 1. The van der Waals surface area contributed by atoms with E-state index in [9.17, 15) is 4.79 Å². The summed E-state index contributed by atoms with van der Waals surface area (Å²) in [6.45, 7) is 5.38. The summed E-state index contributed by atoms with van der Waals surface area (Å²) < 4.78 is 4.90. The number of rotatable bonds is 6. The van der Waals surface area contributed by atoms with Crippen LogP contribution in [0.25, 0.3) is 0 Å². The molecule has 2 aliphatic rings. The molecule has 1 N–H and O–H groups in total. The molecule has 2 rings (SSSR count). The van der Waals surface area contributed by atoms with E-state index in [0.29, 0.717) is 0 Å². The molecule has 2 bridgehead atoms. The topological polar surface area (TPSA) is 44.8 Å². The summed E-state index contributed by atoms with van der Waals surface area (Å²) in [5.74, 6) is -0.167. The second-order valence-electron chi connectivity index (χ2n) is 6.82. The van der Waals surface area contributed by atoms with Gasteiger partial charge in [-0.2, -0.15) is 0 Å². The fraction of sp³-hybridized carbons (Fsp3) is 0.938. The first-order chi connectivity index (χ1) is 10.00. The Morgan fingerprint density at radius 2 is 2.05 bits per heavy atom. The first-order valence-electron chi connectivity index (χ1n) is 8.22. The smallest absolute Gasteiger partial charge is 0.325 e. The second-order valence-corrected chi connectivity index (χ2v) is 6.82. The van der Waals surface area contributed by atoms with E-state index in [4.69, 9.17) is 4.74 Å². The first kappa shape index (κ1) is 16.7. The largest absolute Gasteiger partial charge is 0.468 e. The average Bonchev–Trinajstić information content (AvgIpc) is 2.73. The molecule has 3 unspecified atom stereocenters. The molecule has 0 aromatic heterocycles. The van der Waals surface area contributed by atoms with Crippen LogP contribution in [0, 0.1) is 0 Å². The predicted octanol–water partition coefficient (Wildman–Crippen LogP) is 1.09. The van der Waals surface area contributed by atoms with Gasteiger partial charge >= 0.3 is 5.97 Å². The van der Waals surface area contributed by atoms with Crippen molar-refractivity contribution in [3.63, 3.8) is 0 Å². The van der Waals surface area contributed by atoms with Gasteiger partial charge in [0.1, 0.15) is 5.54 Å². The Morgan fingerprint density at radius 3 is 2.71 bits per heavy atom. The summed E-state index contributed by atoms with van der Waals surface area (Å²) in [6, 6.07) is 1.52. The van der Waals surface area contributed by atoms with Crippen molar-refractivity contribution in [3.8, 4) is 0 Å². The highest BCUT2D eigenvalue weighted by atomic mass is 16.5. The quantitative estimate of drug-likeness (QED) is 0.744. The molecular formula is C16H31N3O2. The van der Waals surface area contributed by atoms with Gasteiger partial charge in [-0.3, -0.25) is 9.69 Å². The van der Waals surface area contributed by atoms with E-state index in [-0.39, 0.29) is 5.97 Å². The van der Waals surface area contributed by atoms with Crippen LogP contribution in [0.5, 0.6) is 0 Å². The SMILES string of the molecule is CNC(C)(CCCN1CCC2CCC(C1)N2C)C(=O)OC. The molecule has 0 aromatic rings. The van der Waals surface area contributed by atoms with Gasteiger partial charge < -0.3 is 15.0 Å². The van der Waals surface area contributed by atoms with Crippen LogP contribution in [0.2, 0.25) is 0 Å². The molecule has 0 amide bonds. The summed E-state index contributed by atoms with van der Waals surface area (Å²) in [5, 5.41) is 3.11. The molecule has 2 saturated heterocycles. The van der Waals surface area contributed by atoms with Crippen molar-refractivity contribution < 1.29 is 9.53 Å². The lowest BCUT2D eigenvalue weighted by Gasteiger charge is -2.29. The highest BCUT2D eigenvalue weighted by Crippen LogP contribution is 2.28. The lowest BCUT2D eigenvalue weighted by Crippen LogP contribution is -2.48. The van der Waals surface area contributed by atoms with Crippen molar-refractivity contribution in [1.29, 1.82) is 0 Å². The third kappa shape index (κ3) is 3.76. The normalized spacial score (nSPS) is 29.9. The predicted molar refractivity (Wildman–Crippen MR) is 84.3 cm³/mol. The second kappa shape index (κ2) is 7.07. The molecular weight excluding hydrogens is 266 g/mol. The Morgan fingerprint density at radius 1 is 1.33 bits per heavy atom. The minimum atomic E-state index is -0.559. The Labute approximate surface area is 129 Å².